The van der Waals surface area contributed by atoms with Crippen molar-refractivity contribution in [2.75, 3.05) is 13.1 Å². The molecule has 0 saturated heterocycles. The van der Waals surface area contributed by atoms with E-state index in [0.717, 1.165) is 41.7 Å². The van der Waals surface area contributed by atoms with Crippen LogP contribution in [0.25, 0.3) is 10.9 Å². The molecule has 2 aromatic rings. The zero-order valence-electron chi connectivity index (χ0n) is 13.5. The van der Waals surface area contributed by atoms with Crippen LogP contribution >= 0.6 is 0 Å². The van der Waals surface area contributed by atoms with Gasteiger partial charge in [0.2, 0.25) is 0 Å². The van der Waals surface area contributed by atoms with Crippen molar-refractivity contribution >= 4 is 10.9 Å². The summed E-state index contributed by atoms with van der Waals surface area (Å²) in [7, 11) is 0. The Morgan fingerprint density at radius 3 is 2.38 bits per heavy atom. The zero-order chi connectivity index (χ0) is 15.4. The second kappa shape index (κ2) is 7.01. The summed E-state index contributed by atoms with van der Waals surface area (Å²) in [5.41, 5.74) is 3.25. The van der Waals surface area contributed by atoms with Gasteiger partial charge in [-0.05, 0) is 38.1 Å². The van der Waals surface area contributed by atoms with Crippen molar-refractivity contribution in [3.8, 4) is 0 Å². The van der Waals surface area contributed by atoms with Gasteiger partial charge in [0.05, 0.1) is 17.7 Å². The highest BCUT2D eigenvalue weighted by Gasteiger charge is 2.25. The molecule has 0 aliphatic rings. The molecule has 0 radical (unpaired) electrons. The number of fused-ring (bicyclic) bond motifs is 1. The molecule has 3 heteroatoms. The fourth-order valence-corrected chi connectivity index (χ4v) is 3.02. The minimum Gasteiger partial charge on any atom is -0.391 e. The summed E-state index contributed by atoms with van der Waals surface area (Å²) in [5.74, 6) is 0. The average molecular weight is 286 g/mol. The van der Waals surface area contributed by atoms with Gasteiger partial charge in [0.1, 0.15) is 0 Å². The Morgan fingerprint density at radius 1 is 1.10 bits per heavy atom. The van der Waals surface area contributed by atoms with Crippen LogP contribution in [0, 0.1) is 0 Å². The van der Waals surface area contributed by atoms with Crippen LogP contribution < -0.4 is 0 Å². The first-order valence-electron chi connectivity index (χ1n) is 7.92. The topological polar surface area (TPSA) is 36.4 Å². The molecule has 2 unspecified atom stereocenters. The molecular weight excluding hydrogens is 260 g/mol. The van der Waals surface area contributed by atoms with Crippen LogP contribution in [0.15, 0.2) is 30.3 Å². The molecule has 0 aliphatic carbocycles. The third kappa shape index (κ3) is 3.25. The fraction of sp³-hybridized carbons (Fsp3) is 0.500. The Labute approximate surface area is 127 Å². The lowest BCUT2D eigenvalue weighted by Gasteiger charge is -2.32. The quantitative estimate of drug-likeness (QED) is 0.882. The highest BCUT2D eigenvalue weighted by Crippen LogP contribution is 2.30. The zero-order valence-corrected chi connectivity index (χ0v) is 13.5. The molecule has 2 rings (SSSR count). The maximum Gasteiger partial charge on any atom is 0.0754 e. The number of rotatable bonds is 6. The number of hydrogen-bond acceptors (Lipinski definition) is 3. The van der Waals surface area contributed by atoms with E-state index >= 15 is 0 Å². The Bertz CT molecular complexity index is 591. The van der Waals surface area contributed by atoms with Crippen LogP contribution in [0.3, 0.4) is 0 Å². The minimum atomic E-state index is -0.428. The number of para-hydroxylation sites is 1. The number of pyridine rings is 1. The summed E-state index contributed by atoms with van der Waals surface area (Å²) >= 11 is 0. The van der Waals surface area contributed by atoms with E-state index in [9.17, 15) is 5.11 Å². The number of nitrogens with zero attached hydrogens (tertiary/aromatic N) is 2. The number of likely N-dealkylation sites (N-methyl/N-ethyl adjacent to an activating group) is 1. The Morgan fingerprint density at radius 2 is 1.81 bits per heavy atom. The van der Waals surface area contributed by atoms with Gasteiger partial charge in [-0.3, -0.25) is 9.88 Å². The summed E-state index contributed by atoms with van der Waals surface area (Å²) in [6.07, 6.45) is 0.497. The molecule has 0 spiro atoms. The first kappa shape index (κ1) is 15.9. The van der Waals surface area contributed by atoms with Crippen molar-refractivity contribution in [3.63, 3.8) is 0 Å². The van der Waals surface area contributed by atoms with Crippen LogP contribution in [-0.2, 0) is 6.42 Å². The third-order valence-electron chi connectivity index (χ3n) is 4.15. The SMILES string of the molecule is CCc1ccc2cccc(C(C(C)O)N(CC)CC)c2n1. The van der Waals surface area contributed by atoms with Crippen LogP contribution in [0.5, 0.6) is 0 Å². The molecular formula is C18H26N2O. The van der Waals surface area contributed by atoms with Gasteiger partial charge < -0.3 is 5.11 Å². The molecule has 1 heterocycles. The molecule has 1 aromatic heterocycles. The van der Waals surface area contributed by atoms with E-state index in [4.69, 9.17) is 4.98 Å². The van der Waals surface area contributed by atoms with Crippen LogP contribution in [-0.4, -0.2) is 34.2 Å². The number of benzene rings is 1. The maximum absolute atomic E-state index is 10.3. The van der Waals surface area contributed by atoms with Gasteiger partial charge in [-0.25, -0.2) is 0 Å². The van der Waals surface area contributed by atoms with Crippen LogP contribution in [0.2, 0.25) is 0 Å². The third-order valence-corrected chi connectivity index (χ3v) is 4.15. The number of aromatic nitrogens is 1. The van der Waals surface area contributed by atoms with Crippen molar-refractivity contribution in [1.82, 2.24) is 9.88 Å². The van der Waals surface area contributed by atoms with Gasteiger partial charge in [0, 0.05) is 11.1 Å². The van der Waals surface area contributed by atoms with E-state index in [1.54, 1.807) is 0 Å². The minimum absolute atomic E-state index is 0.0108. The van der Waals surface area contributed by atoms with E-state index < -0.39 is 6.10 Å². The van der Waals surface area contributed by atoms with E-state index in [1.807, 2.05) is 6.92 Å². The summed E-state index contributed by atoms with van der Waals surface area (Å²) in [6.45, 7) is 10.1. The maximum atomic E-state index is 10.3. The number of aryl methyl sites for hydroxylation is 1. The average Bonchev–Trinajstić information content (AvgIpc) is 2.51. The molecule has 1 N–H and O–H groups in total. The van der Waals surface area contributed by atoms with Gasteiger partial charge in [-0.2, -0.15) is 0 Å². The van der Waals surface area contributed by atoms with E-state index in [-0.39, 0.29) is 6.04 Å². The van der Waals surface area contributed by atoms with Gasteiger partial charge in [0.25, 0.3) is 0 Å². The first-order chi connectivity index (χ1) is 10.1. The van der Waals surface area contributed by atoms with Gasteiger partial charge >= 0.3 is 0 Å². The lowest BCUT2D eigenvalue weighted by Crippen LogP contribution is -2.35. The van der Waals surface area contributed by atoms with Gasteiger partial charge in [0.15, 0.2) is 0 Å². The lowest BCUT2D eigenvalue weighted by molar-refractivity contribution is 0.0671. The second-order valence-electron chi connectivity index (χ2n) is 5.48. The molecule has 2 atom stereocenters. The summed E-state index contributed by atoms with van der Waals surface area (Å²) in [5, 5.41) is 11.5. The lowest BCUT2D eigenvalue weighted by atomic mass is 9.97. The Kier molecular flexibility index (Phi) is 5.32. The predicted molar refractivity (Wildman–Crippen MR) is 88.5 cm³/mol. The monoisotopic (exact) mass is 286 g/mol. The van der Waals surface area contributed by atoms with E-state index in [0.29, 0.717) is 0 Å². The van der Waals surface area contributed by atoms with E-state index in [2.05, 4.69) is 56.0 Å². The van der Waals surface area contributed by atoms with Crippen molar-refractivity contribution in [1.29, 1.82) is 0 Å². The summed E-state index contributed by atoms with van der Waals surface area (Å²) in [4.78, 5) is 7.10. The molecule has 0 aliphatic heterocycles. The highest BCUT2D eigenvalue weighted by atomic mass is 16.3. The molecule has 0 saturated carbocycles. The van der Waals surface area contributed by atoms with Gasteiger partial charge in [-0.15, -0.1) is 0 Å². The van der Waals surface area contributed by atoms with Crippen LogP contribution in [0.1, 0.15) is 45.0 Å². The Hall–Kier alpha value is -1.45. The smallest absolute Gasteiger partial charge is 0.0754 e. The number of hydrogen-bond donors (Lipinski definition) is 1. The summed E-state index contributed by atoms with van der Waals surface area (Å²) < 4.78 is 0. The summed E-state index contributed by atoms with van der Waals surface area (Å²) in [6, 6.07) is 10.5. The van der Waals surface area contributed by atoms with Crippen molar-refractivity contribution in [2.45, 2.75) is 46.3 Å². The van der Waals surface area contributed by atoms with Crippen molar-refractivity contribution in [2.24, 2.45) is 0 Å². The number of aliphatic hydroxyl groups is 1. The highest BCUT2D eigenvalue weighted by molar-refractivity contribution is 5.82. The molecule has 21 heavy (non-hydrogen) atoms. The molecule has 0 fully saturated rings. The molecule has 0 amide bonds. The standard InChI is InChI=1S/C18H26N2O/c1-5-15-12-11-14-9-8-10-16(17(14)19-15)18(13(4)21)20(6-2)7-3/h8-13,18,21H,5-7H2,1-4H3. The molecule has 3 nitrogen and oxygen atoms in total. The molecule has 1 aromatic carbocycles. The first-order valence-corrected chi connectivity index (χ1v) is 7.92. The fourth-order valence-electron chi connectivity index (χ4n) is 3.02. The molecule has 114 valence electrons. The van der Waals surface area contributed by atoms with Crippen molar-refractivity contribution < 1.29 is 5.11 Å². The Balaban J connectivity index is 2.61. The van der Waals surface area contributed by atoms with Crippen LogP contribution in [0.4, 0.5) is 0 Å². The second-order valence-corrected chi connectivity index (χ2v) is 5.48. The van der Waals surface area contributed by atoms with E-state index in [1.165, 1.54) is 0 Å². The molecule has 0 bridgehead atoms. The predicted octanol–water partition coefficient (Wildman–Crippen LogP) is 3.56. The largest absolute Gasteiger partial charge is 0.391 e. The van der Waals surface area contributed by atoms with Crippen molar-refractivity contribution in [3.05, 3.63) is 41.6 Å². The normalized spacial score (nSPS) is 14.6. The number of aliphatic hydroxyl groups excluding tert-OH is 1. The van der Waals surface area contributed by atoms with Gasteiger partial charge in [-0.1, -0.05) is 45.0 Å².